The fraction of sp³-hybridized carbons (Fsp3) is 0.333. The van der Waals surface area contributed by atoms with Crippen molar-refractivity contribution in [3.05, 3.63) is 173 Å². The van der Waals surface area contributed by atoms with Crippen LogP contribution in [0.3, 0.4) is 0 Å². The zero-order valence-electron chi connectivity index (χ0n) is 39.5. The first kappa shape index (κ1) is 39.5. The molecule has 65 heavy (non-hydrogen) atoms. The molecule has 1 heterocycles. The van der Waals surface area contributed by atoms with Crippen LogP contribution in [-0.2, 0) is 21.7 Å². The lowest BCUT2D eigenvalue weighted by molar-refractivity contribution is -0.0399. The first-order valence-corrected chi connectivity index (χ1v) is 24.6. The van der Waals surface area contributed by atoms with Crippen molar-refractivity contribution in [1.82, 2.24) is 0 Å². The number of nitrogens with zero attached hydrogens (tertiary/aromatic N) is 1. The van der Waals surface area contributed by atoms with E-state index in [0.29, 0.717) is 11.8 Å². The summed E-state index contributed by atoms with van der Waals surface area (Å²) in [5, 5.41) is 2.30. The van der Waals surface area contributed by atoms with Crippen molar-refractivity contribution in [1.29, 1.82) is 0 Å². The Balaban J connectivity index is 1.01. The van der Waals surface area contributed by atoms with Gasteiger partial charge in [0.1, 0.15) is 11.2 Å². The molecule has 0 atom stereocenters. The SMILES string of the molecule is CC(C)(C)c1cc(-c2cccc3c2oc2ccc(N(c4ccc5c(c4)C(C)(C)c4ccccc4-5)c4ccc5c(c4)C4(c6ccccc6-5)C5CC6CC(C5)CC4C6)cc23)cc(C(C)(C)C)c1. The Morgan fingerprint density at radius 2 is 0.985 bits per heavy atom. The average Bonchev–Trinajstić information content (AvgIpc) is 3.88. The smallest absolute Gasteiger partial charge is 0.143 e. The van der Waals surface area contributed by atoms with Crippen molar-refractivity contribution in [2.45, 2.75) is 109 Å². The molecule has 6 aliphatic carbocycles. The highest BCUT2D eigenvalue weighted by Crippen LogP contribution is 2.69. The fourth-order valence-electron chi connectivity index (χ4n) is 14.4. The van der Waals surface area contributed by atoms with Gasteiger partial charge in [0.25, 0.3) is 0 Å². The topological polar surface area (TPSA) is 16.4 Å². The molecule has 4 bridgehead atoms. The van der Waals surface area contributed by atoms with Crippen LogP contribution in [0.2, 0.25) is 0 Å². The van der Waals surface area contributed by atoms with Gasteiger partial charge in [-0.2, -0.15) is 0 Å². The summed E-state index contributed by atoms with van der Waals surface area (Å²) in [5.41, 5.74) is 22.1. The molecular weight excluding hydrogens is 787 g/mol. The number of fused-ring (bicyclic) bond motifs is 9. The van der Waals surface area contributed by atoms with Gasteiger partial charge in [0.15, 0.2) is 0 Å². The number of para-hydroxylation sites is 1. The minimum absolute atomic E-state index is 0.0157. The lowest BCUT2D eigenvalue weighted by atomic mass is 9.43. The molecule has 0 N–H and O–H groups in total. The third-order valence-electron chi connectivity index (χ3n) is 17.3. The van der Waals surface area contributed by atoms with Gasteiger partial charge in [-0.1, -0.05) is 152 Å². The van der Waals surface area contributed by atoms with Crippen LogP contribution >= 0.6 is 0 Å². The maximum atomic E-state index is 6.97. The van der Waals surface area contributed by atoms with Gasteiger partial charge in [-0.15, -0.1) is 0 Å². The summed E-state index contributed by atoms with van der Waals surface area (Å²) in [6, 6.07) is 54.2. The molecule has 0 saturated heterocycles. The first-order chi connectivity index (χ1) is 31.2. The van der Waals surface area contributed by atoms with Gasteiger partial charge >= 0.3 is 0 Å². The Morgan fingerprint density at radius 3 is 1.63 bits per heavy atom. The summed E-state index contributed by atoms with van der Waals surface area (Å²) in [4.78, 5) is 2.57. The molecule has 8 aromatic rings. The predicted octanol–water partition coefficient (Wildman–Crippen LogP) is 17.3. The zero-order chi connectivity index (χ0) is 44.4. The second-order valence-electron chi connectivity index (χ2n) is 23.4. The molecular formula is C63H61NO. The summed E-state index contributed by atoms with van der Waals surface area (Å²) in [7, 11) is 0. The minimum atomic E-state index is -0.115. The summed E-state index contributed by atoms with van der Waals surface area (Å²) >= 11 is 0. The number of hydrogen-bond donors (Lipinski definition) is 0. The molecule has 2 nitrogen and oxygen atoms in total. The molecule has 6 aliphatic rings. The van der Waals surface area contributed by atoms with Gasteiger partial charge in [0.05, 0.1) is 0 Å². The van der Waals surface area contributed by atoms with Crippen LogP contribution in [0.5, 0.6) is 0 Å². The van der Waals surface area contributed by atoms with Gasteiger partial charge in [0, 0.05) is 44.2 Å². The maximum absolute atomic E-state index is 6.97. The highest BCUT2D eigenvalue weighted by molar-refractivity contribution is 6.11. The Morgan fingerprint density at radius 1 is 0.462 bits per heavy atom. The van der Waals surface area contributed by atoms with Crippen LogP contribution in [0.25, 0.3) is 55.3 Å². The molecule has 4 saturated carbocycles. The van der Waals surface area contributed by atoms with E-state index in [4.69, 9.17) is 4.42 Å². The average molecular weight is 848 g/mol. The third-order valence-corrected chi connectivity index (χ3v) is 17.3. The molecule has 7 aromatic carbocycles. The molecule has 0 unspecified atom stereocenters. The number of anilines is 3. The predicted molar refractivity (Wildman–Crippen MR) is 272 cm³/mol. The van der Waals surface area contributed by atoms with E-state index in [1.54, 1.807) is 11.1 Å². The van der Waals surface area contributed by atoms with Crippen molar-refractivity contribution in [2.24, 2.45) is 23.7 Å². The summed E-state index contributed by atoms with van der Waals surface area (Å²) < 4.78 is 6.97. The number of furan rings is 1. The van der Waals surface area contributed by atoms with E-state index in [9.17, 15) is 0 Å². The van der Waals surface area contributed by atoms with Gasteiger partial charge in [-0.25, -0.2) is 0 Å². The number of rotatable bonds is 4. The molecule has 14 rings (SSSR count). The largest absolute Gasteiger partial charge is 0.455 e. The molecule has 1 aromatic heterocycles. The lowest BCUT2D eigenvalue weighted by Crippen LogP contribution is -2.55. The van der Waals surface area contributed by atoms with Crippen LogP contribution in [-0.4, -0.2) is 0 Å². The maximum Gasteiger partial charge on any atom is 0.143 e. The number of benzene rings is 7. The molecule has 0 radical (unpaired) electrons. The van der Waals surface area contributed by atoms with Crippen LogP contribution in [0.15, 0.2) is 144 Å². The summed E-state index contributed by atoms with van der Waals surface area (Å²) in [5.74, 6) is 3.21. The number of hydrogen-bond acceptors (Lipinski definition) is 2. The standard InChI is InChI=1S/C63H61NO/c1-60(2,3)40-31-39(32-41(33-40)61(4,5)6)47-16-13-17-52-53-34-44(22-25-58(53)65-59(47)52)64(45-20-23-50-48-14-9-11-18-54(48)62(7,8)56(50)35-45)46-21-24-51-49-15-10-12-19-55(49)63(57(51)36-46)42-27-37-26-38(29-42)30-43(63)28-37/h9-25,31-38,42-43H,26-30H2,1-8H3. The van der Waals surface area contributed by atoms with Crippen LogP contribution in [0.4, 0.5) is 17.1 Å². The molecule has 4 fully saturated rings. The van der Waals surface area contributed by atoms with Gasteiger partial charge in [-0.05, 0) is 170 Å². The quantitative estimate of drug-likeness (QED) is 0.175. The van der Waals surface area contributed by atoms with E-state index in [0.717, 1.165) is 45.0 Å². The van der Waals surface area contributed by atoms with E-state index < -0.39 is 0 Å². The normalized spacial score (nSPS) is 23.3. The highest BCUT2D eigenvalue weighted by atomic mass is 16.3. The fourth-order valence-corrected chi connectivity index (χ4v) is 14.4. The monoisotopic (exact) mass is 847 g/mol. The van der Waals surface area contributed by atoms with Crippen molar-refractivity contribution < 1.29 is 4.42 Å². The second-order valence-corrected chi connectivity index (χ2v) is 23.4. The van der Waals surface area contributed by atoms with E-state index in [1.165, 1.54) is 93.5 Å². The van der Waals surface area contributed by atoms with E-state index in [1.807, 2.05) is 0 Å². The molecule has 0 amide bonds. The molecule has 0 aliphatic heterocycles. The minimum Gasteiger partial charge on any atom is -0.455 e. The Labute approximate surface area is 385 Å². The molecule has 1 spiro atoms. The van der Waals surface area contributed by atoms with Gasteiger partial charge < -0.3 is 9.32 Å². The third kappa shape index (κ3) is 5.58. The second kappa shape index (κ2) is 13.4. The van der Waals surface area contributed by atoms with Crippen molar-refractivity contribution in [2.75, 3.05) is 4.90 Å². The van der Waals surface area contributed by atoms with Crippen LogP contribution < -0.4 is 4.90 Å². The first-order valence-electron chi connectivity index (χ1n) is 24.6. The zero-order valence-corrected chi connectivity index (χ0v) is 39.5. The Kier molecular flexibility index (Phi) is 8.13. The lowest BCUT2D eigenvalue weighted by Gasteiger charge is -2.61. The van der Waals surface area contributed by atoms with Crippen molar-refractivity contribution in [3.8, 4) is 33.4 Å². The summed E-state index contributed by atoms with van der Waals surface area (Å²) in [6.45, 7) is 18.7. The Hall–Kier alpha value is -5.86. The van der Waals surface area contributed by atoms with E-state index >= 15 is 0 Å². The van der Waals surface area contributed by atoms with Gasteiger partial charge in [-0.3, -0.25) is 0 Å². The molecule has 2 heteroatoms. The van der Waals surface area contributed by atoms with Crippen molar-refractivity contribution >= 4 is 39.0 Å². The van der Waals surface area contributed by atoms with E-state index in [2.05, 4.69) is 200 Å². The van der Waals surface area contributed by atoms with Crippen LogP contribution in [0, 0.1) is 23.7 Å². The Bertz CT molecular complexity index is 3230. The summed E-state index contributed by atoms with van der Waals surface area (Å²) in [6.07, 6.45) is 6.95. The van der Waals surface area contributed by atoms with E-state index in [-0.39, 0.29) is 21.7 Å². The highest BCUT2D eigenvalue weighted by Gasteiger charge is 2.61. The van der Waals surface area contributed by atoms with Gasteiger partial charge in [0.2, 0.25) is 0 Å². The molecule has 324 valence electrons. The van der Waals surface area contributed by atoms with Crippen LogP contribution in [0.1, 0.15) is 121 Å². The van der Waals surface area contributed by atoms with Crippen molar-refractivity contribution in [3.63, 3.8) is 0 Å².